The molecule has 0 spiro atoms. The predicted octanol–water partition coefficient (Wildman–Crippen LogP) is 7.39. The lowest BCUT2D eigenvalue weighted by molar-refractivity contribution is -0.153. The van der Waals surface area contributed by atoms with E-state index in [0.29, 0.717) is 6.42 Å². The predicted molar refractivity (Wildman–Crippen MR) is 127 cm³/mol. The van der Waals surface area contributed by atoms with E-state index in [1.54, 1.807) is 0 Å². The Morgan fingerprint density at radius 3 is 1.07 bits per heavy atom. The maximum atomic E-state index is 10.5. The average molecular weight is 429 g/mol. The smallest absolute Gasteiger partial charge is 0.335 e. The number of carbonyl (C=O) groups is 1. The van der Waals surface area contributed by atoms with Crippen LogP contribution in [0.1, 0.15) is 148 Å². The van der Waals surface area contributed by atoms with E-state index < -0.39 is 18.2 Å². The molecule has 0 amide bonds. The van der Waals surface area contributed by atoms with Crippen LogP contribution in [-0.2, 0) is 4.79 Å². The molecule has 30 heavy (non-hydrogen) atoms. The number of aliphatic hydroxyl groups excluding tert-OH is 2. The van der Waals surface area contributed by atoms with Crippen molar-refractivity contribution in [3.05, 3.63) is 0 Å². The molecule has 0 aliphatic rings. The molecule has 0 saturated heterocycles. The van der Waals surface area contributed by atoms with Crippen molar-refractivity contribution in [2.45, 2.75) is 160 Å². The standard InChI is InChI=1S/C26H52O4/c1-2-3-4-5-6-7-8-9-10-11-12-13-14-15-16-17-18-19-20-21-22-23-24(27)25(28)26(29)30/h24-25,27-28H,2-23H2,1H3,(H,29,30)/t24-,25+/m1/s1. The fourth-order valence-electron chi connectivity index (χ4n) is 4.11. The molecule has 0 bridgehead atoms. The second-order valence-corrected chi connectivity index (χ2v) is 9.21. The molecule has 0 aromatic rings. The van der Waals surface area contributed by atoms with Gasteiger partial charge in [0.2, 0.25) is 0 Å². The Morgan fingerprint density at radius 1 is 0.533 bits per heavy atom. The van der Waals surface area contributed by atoms with Crippen molar-refractivity contribution in [1.29, 1.82) is 0 Å². The molecule has 0 aromatic heterocycles. The van der Waals surface area contributed by atoms with Gasteiger partial charge in [0.15, 0.2) is 6.10 Å². The molecule has 180 valence electrons. The topological polar surface area (TPSA) is 77.8 Å². The summed E-state index contributed by atoms with van der Waals surface area (Å²) in [5, 5.41) is 27.3. The van der Waals surface area contributed by atoms with Crippen molar-refractivity contribution in [2.75, 3.05) is 0 Å². The molecule has 0 fully saturated rings. The SMILES string of the molecule is CCCCCCCCCCCCCCCCCCCCCCC[C@@H](O)[C@H](O)C(=O)O. The zero-order valence-corrected chi connectivity index (χ0v) is 20.0. The maximum absolute atomic E-state index is 10.5. The van der Waals surface area contributed by atoms with Crippen LogP contribution in [0, 0.1) is 0 Å². The third-order valence-corrected chi connectivity index (χ3v) is 6.22. The summed E-state index contributed by atoms with van der Waals surface area (Å²) in [6.07, 6.45) is 25.5. The van der Waals surface area contributed by atoms with Gasteiger partial charge in [-0.05, 0) is 6.42 Å². The highest BCUT2D eigenvalue weighted by molar-refractivity contribution is 5.72. The third kappa shape index (κ3) is 20.7. The Bertz CT molecular complexity index is 359. The Balaban J connectivity index is 3.12. The first-order chi connectivity index (χ1) is 14.6. The van der Waals surface area contributed by atoms with Crippen LogP contribution in [0.3, 0.4) is 0 Å². The van der Waals surface area contributed by atoms with E-state index >= 15 is 0 Å². The number of aliphatic carboxylic acids is 1. The Labute approximate surface area is 186 Å². The van der Waals surface area contributed by atoms with Gasteiger partial charge in [-0.15, -0.1) is 0 Å². The summed E-state index contributed by atoms with van der Waals surface area (Å²) in [7, 11) is 0. The molecule has 0 aliphatic heterocycles. The van der Waals surface area contributed by atoms with Gasteiger partial charge in [0, 0.05) is 0 Å². The number of carboxylic acid groups (broad SMARTS) is 1. The zero-order chi connectivity index (χ0) is 22.3. The largest absolute Gasteiger partial charge is 0.479 e. The number of hydrogen-bond acceptors (Lipinski definition) is 3. The van der Waals surface area contributed by atoms with E-state index in [4.69, 9.17) is 5.11 Å². The lowest BCUT2D eigenvalue weighted by Gasteiger charge is -2.13. The van der Waals surface area contributed by atoms with Crippen molar-refractivity contribution >= 4 is 5.97 Å². The molecule has 2 atom stereocenters. The van der Waals surface area contributed by atoms with Gasteiger partial charge in [0.25, 0.3) is 0 Å². The molecule has 0 radical (unpaired) electrons. The molecular weight excluding hydrogens is 376 g/mol. The van der Waals surface area contributed by atoms with Gasteiger partial charge in [0.05, 0.1) is 6.10 Å². The van der Waals surface area contributed by atoms with Crippen LogP contribution in [-0.4, -0.2) is 33.5 Å². The highest BCUT2D eigenvalue weighted by Gasteiger charge is 2.22. The van der Waals surface area contributed by atoms with Crippen molar-refractivity contribution < 1.29 is 20.1 Å². The summed E-state index contributed by atoms with van der Waals surface area (Å²) in [5.74, 6) is -1.34. The van der Waals surface area contributed by atoms with Gasteiger partial charge in [-0.3, -0.25) is 0 Å². The third-order valence-electron chi connectivity index (χ3n) is 6.22. The number of aliphatic hydroxyl groups is 2. The van der Waals surface area contributed by atoms with Gasteiger partial charge in [-0.25, -0.2) is 4.79 Å². The second-order valence-electron chi connectivity index (χ2n) is 9.21. The molecule has 0 aliphatic carbocycles. The molecule has 0 saturated carbocycles. The van der Waals surface area contributed by atoms with Gasteiger partial charge < -0.3 is 15.3 Å². The van der Waals surface area contributed by atoms with Crippen molar-refractivity contribution in [3.63, 3.8) is 0 Å². The number of hydrogen-bond donors (Lipinski definition) is 3. The second kappa shape index (κ2) is 23.1. The molecule has 0 unspecified atom stereocenters. The summed E-state index contributed by atoms with van der Waals surface area (Å²) in [5.41, 5.74) is 0. The van der Waals surface area contributed by atoms with Gasteiger partial charge in [-0.2, -0.15) is 0 Å². The van der Waals surface area contributed by atoms with E-state index in [1.807, 2.05) is 0 Å². The van der Waals surface area contributed by atoms with Crippen LogP contribution in [0.2, 0.25) is 0 Å². The Kier molecular flexibility index (Phi) is 22.6. The highest BCUT2D eigenvalue weighted by atomic mass is 16.4. The number of carboxylic acids is 1. The van der Waals surface area contributed by atoms with Gasteiger partial charge >= 0.3 is 5.97 Å². The van der Waals surface area contributed by atoms with E-state index in [9.17, 15) is 15.0 Å². The summed E-state index contributed by atoms with van der Waals surface area (Å²) in [6, 6.07) is 0. The minimum absolute atomic E-state index is 0.368. The van der Waals surface area contributed by atoms with E-state index in [0.717, 1.165) is 19.3 Å². The first-order valence-corrected chi connectivity index (χ1v) is 13.2. The van der Waals surface area contributed by atoms with Crippen LogP contribution >= 0.6 is 0 Å². The summed E-state index contributed by atoms with van der Waals surface area (Å²) in [4.78, 5) is 10.5. The first-order valence-electron chi connectivity index (χ1n) is 13.2. The average Bonchev–Trinajstić information content (AvgIpc) is 2.74. The van der Waals surface area contributed by atoms with Gasteiger partial charge in [-0.1, -0.05) is 142 Å². The normalized spacial score (nSPS) is 13.4. The van der Waals surface area contributed by atoms with Crippen LogP contribution < -0.4 is 0 Å². The van der Waals surface area contributed by atoms with Crippen LogP contribution in [0.15, 0.2) is 0 Å². The number of unbranched alkanes of at least 4 members (excludes halogenated alkanes) is 20. The minimum Gasteiger partial charge on any atom is -0.479 e. The molecule has 0 rings (SSSR count). The van der Waals surface area contributed by atoms with Crippen LogP contribution in [0.5, 0.6) is 0 Å². The quantitative estimate of drug-likeness (QED) is 0.140. The van der Waals surface area contributed by atoms with Crippen molar-refractivity contribution in [2.24, 2.45) is 0 Å². The van der Waals surface area contributed by atoms with Crippen molar-refractivity contribution in [3.8, 4) is 0 Å². The van der Waals surface area contributed by atoms with E-state index in [-0.39, 0.29) is 0 Å². The molecule has 0 aromatic carbocycles. The lowest BCUT2D eigenvalue weighted by Crippen LogP contribution is -2.33. The summed E-state index contributed by atoms with van der Waals surface area (Å²) in [6.45, 7) is 2.28. The first kappa shape index (κ1) is 29.4. The molecule has 4 heteroatoms. The summed E-state index contributed by atoms with van der Waals surface area (Å²) < 4.78 is 0. The lowest BCUT2D eigenvalue weighted by atomic mass is 10.0. The fourth-order valence-corrected chi connectivity index (χ4v) is 4.11. The van der Waals surface area contributed by atoms with Gasteiger partial charge in [0.1, 0.15) is 0 Å². The zero-order valence-electron chi connectivity index (χ0n) is 20.0. The van der Waals surface area contributed by atoms with Crippen molar-refractivity contribution in [1.82, 2.24) is 0 Å². The molecular formula is C26H52O4. The Hall–Kier alpha value is -0.610. The fraction of sp³-hybridized carbons (Fsp3) is 0.962. The monoisotopic (exact) mass is 428 g/mol. The highest BCUT2D eigenvalue weighted by Crippen LogP contribution is 2.15. The molecule has 3 N–H and O–H groups in total. The van der Waals surface area contributed by atoms with E-state index in [1.165, 1.54) is 116 Å². The van der Waals surface area contributed by atoms with Crippen LogP contribution in [0.4, 0.5) is 0 Å². The number of rotatable bonds is 24. The minimum atomic E-state index is -1.64. The summed E-state index contributed by atoms with van der Waals surface area (Å²) >= 11 is 0. The molecule has 4 nitrogen and oxygen atoms in total. The van der Waals surface area contributed by atoms with E-state index in [2.05, 4.69) is 6.92 Å². The molecule has 0 heterocycles. The Morgan fingerprint density at radius 2 is 0.800 bits per heavy atom. The maximum Gasteiger partial charge on any atom is 0.335 e. The van der Waals surface area contributed by atoms with Crippen LogP contribution in [0.25, 0.3) is 0 Å².